The first-order valence-corrected chi connectivity index (χ1v) is 8.25. The van der Waals surface area contributed by atoms with Gasteiger partial charge in [-0.25, -0.2) is 13.9 Å². The molecule has 13 heteroatoms. The Kier molecular flexibility index (Phi) is 4.21. The number of aromatic amines is 2. The van der Waals surface area contributed by atoms with E-state index in [-0.39, 0.29) is 11.0 Å². The van der Waals surface area contributed by atoms with Gasteiger partial charge in [-0.05, 0) is 6.07 Å². The van der Waals surface area contributed by atoms with Crippen molar-refractivity contribution in [3.05, 3.63) is 33.1 Å². The molecule has 12 nitrogen and oxygen atoms in total. The van der Waals surface area contributed by atoms with Gasteiger partial charge in [0.15, 0.2) is 6.23 Å². The first-order chi connectivity index (χ1) is 11.2. The number of nitrogens with one attached hydrogen (secondary N) is 2. The second kappa shape index (κ2) is 5.93. The maximum absolute atomic E-state index is 12.1. The molecule has 2 aromatic heterocycles. The Morgan fingerprint density at radius 3 is 2.67 bits per heavy atom. The highest BCUT2D eigenvalue weighted by molar-refractivity contribution is 7.46. The predicted octanol–water partition coefficient (Wildman–Crippen LogP) is -2.25. The topological polar surface area (TPSA) is 187 Å². The maximum Gasteiger partial charge on any atom is 0.469 e. The van der Waals surface area contributed by atoms with Crippen molar-refractivity contribution in [1.82, 2.24) is 14.5 Å². The zero-order valence-corrected chi connectivity index (χ0v) is 12.8. The Morgan fingerprint density at radius 2 is 2.00 bits per heavy atom. The Labute approximate surface area is 132 Å². The zero-order chi connectivity index (χ0) is 17.6. The molecule has 2 aromatic rings. The molecule has 0 amide bonds. The van der Waals surface area contributed by atoms with E-state index in [1.54, 1.807) is 0 Å². The number of hydrogen-bond donors (Lipinski definition) is 6. The van der Waals surface area contributed by atoms with E-state index in [2.05, 4.69) is 14.5 Å². The number of phosphoric acid groups is 1. The molecule has 0 radical (unpaired) electrons. The number of H-pyrrole nitrogens is 2. The molecule has 6 N–H and O–H groups in total. The van der Waals surface area contributed by atoms with E-state index in [9.17, 15) is 24.4 Å². The first kappa shape index (κ1) is 17.0. The van der Waals surface area contributed by atoms with Crippen LogP contribution in [0.4, 0.5) is 0 Å². The summed E-state index contributed by atoms with van der Waals surface area (Å²) < 4.78 is 21.2. The second-order valence-corrected chi connectivity index (χ2v) is 6.44. The Hall–Kier alpha value is -1.79. The summed E-state index contributed by atoms with van der Waals surface area (Å²) in [5.74, 6) is 0. The highest BCUT2D eigenvalue weighted by atomic mass is 31.2. The fourth-order valence-corrected chi connectivity index (χ4v) is 2.90. The number of hydrogen-bond acceptors (Lipinski definition) is 7. The van der Waals surface area contributed by atoms with Crippen LogP contribution in [0.25, 0.3) is 11.0 Å². The van der Waals surface area contributed by atoms with Crippen molar-refractivity contribution < 1.29 is 33.8 Å². The summed E-state index contributed by atoms with van der Waals surface area (Å²) >= 11 is 0. The van der Waals surface area contributed by atoms with Crippen molar-refractivity contribution in [3.63, 3.8) is 0 Å². The number of fused-ring (bicyclic) bond motifs is 1. The minimum atomic E-state index is -4.80. The van der Waals surface area contributed by atoms with E-state index in [1.807, 2.05) is 0 Å². The van der Waals surface area contributed by atoms with Gasteiger partial charge in [-0.3, -0.25) is 14.3 Å². The highest BCUT2D eigenvalue weighted by Crippen LogP contribution is 2.38. The van der Waals surface area contributed by atoms with Gasteiger partial charge in [0, 0.05) is 6.20 Å². The van der Waals surface area contributed by atoms with Gasteiger partial charge in [-0.15, -0.1) is 0 Å². The monoisotopic (exact) mass is 363 g/mol. The summed E-state index contributed by atoms with van der Waals surface area (Å²) in [6, 6.07) is 1.41. The fraction of sp³-hybridized carbons (Fsp3) is 0.455. The van der Waals surface area contributed by atoms with Crippen LogP contribution in [-0.2, 0) is 13.8 Å². The third kappa shape index (κ3) is 2.96. The number of aliphatic hydroxyl groups is 2. The van der Waals surface area contributed by atoms with Crippen LogP contribution in [0.3, 0.4) is 0 Å². The van der Waals surface area contributed by atoms with Gasteiger partial charge in [0.1, 0.15) is 24.0 Å². The molecule has 0 unspecified atom stereocenters. The molecular weight excluding hydrogens is 349 g/mol. The van der Waals surface area contributed by atoms with E-state index in [1.165, 1.54) is 12.3 Å². The minimum absolute atomic E-state index is 0.0663. The highest BCUT2D eigenvalue weighted by Gasteiger charge is 2.45. The summed E-state index contributed by atoms with van der Waals surface area (Å²) in [7, 11) is -4.80. The summed E-state index contributed by atoms with van der Waals surface area (Å²) in [6.45, 7) is -0.703. The predicted molar refractivity (Wildman–Crippen MR) is 77.1 cm³/mol. The van der Waals surface area contributed by atoms with E-state index in [0.29, 0.717) is 0 Å². The van der Waals surface area contributed by atoms with Crippen molar-refractivity contribution in [2.75, 3.05) is 6.61 Å². The van der Waals surface area contributed by atoms with Crippen molar-refractivity contribution in [3.8, 4) is 0 Å². The van der Waals surface area contributed by atoms with E-state index in [0.717, 1.165) is 4.57 Å². The van der Waals surface area contributed by atoms with Crippen molar-refractivity contribution >= 4 is 18.9 Å². The molecule has 24 heavy (non-hydrogen) atoms. The SMILES string of the molecule is O=c1[nH]c(=O)n([C@@H]2O[C@H](COP(=O)(O)O)[C@@H](O)[C@H]2O)c2[nH]ccc12. The molecule has 1 saturated heterocycles. The number of aliphatic hydroxyl groups excluding tert-OH is 2. The van der Waals surface area contributed by atoms with Crippen LogP contribution in [0.1, 0.15) is 6.23 Å². The normalized spacial score (nSPS) is 27.8. The number of nitrogens with zero attached hydrogens (tertiary/aromatic N) is 1. The van der Waals surface area contributed by atoms with Gasteiger partial charge in [-0.2, -0.15) is 0 Å². The molecule has 0 aromatic carbocycles. The summed E-state index contributed by atoms with van der Waals surface area (Å²) in [5.41, 5.74) is -1.46. The molecule has 0 bridgehead atoms. The Bertz CT molecular complexity index is 911. The van der Waals surface area contributed by atoms with Crippen molar-refractivity contribution in [1.29, 1.82) is 0 Å². The van der Waals surface area contributed by atoms with E-state index in [4.69, 9.17) is 14.5 Å². The average Bonchev–Trinajstić information content (AvgIpc) is 3.05. The Morgan fingerprint density at radius 1 is 1.29 bits per heavy atom. The first-order valence-electron chi connectivity index (χ1n) is 6.72. The zero-order valence-electron chi connectivity index (χ0n) is 11.9. The summed E-state index contributed by atoms with van der Waals surface area (Å²) in [4.78, 5) is 45.9. The average molecular weight is 363 g/mol. The lowest BCUT2D eigenvalue weighted by molar-refractivity contribution is -0.0522. The van der Waals surface area contributed by atoms with Crippen LogP contribution < -0.4 is 11.2 Å². The van der Waals surface area contributed by atoms with Gasteiger partial charge in [-0.1, -0.05) is 0 Å². The molecule has 1 fully saturated rings. The molecular formula is C11H14N3O9P. The molecule has 1 aliphatic heterocycles. The van der Waals surface area contributed by atoms with E-state index < -0.39 is 50.2 Å². The fourth-order valence-electron chi connectivity index (χ4n) is 2.56. The molecule has 3 heterocycles. The third-order valence-electron chi connectivity index (χ3n) is 3.65. The molecule has 0 aliphatic carbocycles. The molecule has 3 rings (SSSR count). The second-order valence-electron chi connectivity index (χ2n) is 5.20. The van der Waals surface area contributed by atoms with Gasteiger partial charge >= 0.3 is 13.5 Å². The standard InChI is InChI=1S/C11H14N3O9P/c15-6-5(3-22-24(19,20)21)23-10(7(6)16)14-8-4(1-2-12-8)9(17)13-11(14)18/h1-2,5-7,10,12,15-16H,3H2,(H,13,17,18)(H2,19,20,21)/t5-,6-,7-,10-/m1/s1. The number of rotatable bonds is 4. The van der Waals surface area contributed by atoms with Crippen LogP contribution in [0, 0.1) is 0 Å². The van der Waals surface area contributed by atoms with Gasteiger partial charge < -0.3 is 29.7 Å². The smallest absolute Gasteiger partial charge is 0.387 e. The van der Waals surface area contributed by atoms with Crippen LogP contribution in [0.5, 0.6) is 0 Å². The lowest BCUT2D eigenvalue weighted by Gasteiger charge is -2.18. The van der Waals surface area contributed by atoms with Crippen LogP contribution in [-0.4, -0.2) is 59.5 Å². The van der Waals surface area contributed by atoms with Gasteiger partial charge in [0.2, 0.25) is 0 Å². The number of aromatic nitrogens is 3. The Balaban J connectivity index is 1.96. The quantitative estimate of drug-likeness (QED) is 0.326. The lowest BCUT2D eigenvalue weighted by Crippen LogP contribution is -2.38. The minimum Gasteiger partial charge on any atom is -0.387 e. The maximum atomic E-state index is 12.1. The van der Waals surface area contributed by atoms with Crippen molar-refractivity contribution in [2.45, 2.75) is 24.5 Å². The van der Waals surface area contributed by atoms with Crippen molar-refractivity contribution in [2.24, 2.45) is 0 Å². The van der Waals surface area contributed by atoms with Gasteiger partial charge in [0.05, 0.1) is 12.0 Å². The molecule has 132 valence electrons. The molecule has 1 aliphatic rings. The molecule has 0 saturated carbocycles. The largest absolute Gasteiger partial charge is 0.469 e. The van der Waals surface area contributed by atoms with Crippen LogP contribution >= 0.6 is 7.82 Å². The molecule has 0 spiro atoms. The number of ether oxygens (including phenoxy) is 1. The summed E-state index contributed by atoms with van der Waals surface area (Å²) in [6.07, 6.45) is -4.43. The summed E-state index contributed by atoms with van der Waals surface area (Å²) in [5, 5.41) is 20.2. The lowest BCUT2D eigenvalue weighted by atomic mass is 10.1. The van der Waals surface area contributed by atoms with Gasteiger partial charge in [0.25, 0.3) is 5.56 Å². The number of phosphoric ester groups is 1. The van der Waals surface area contributed by atoms with Crippen LogP contribution in [0.2, 0.25) is 0 Å². The van der Waals surface area contributed by atoms with Crippen LogP contribution in [0.15, 0.2) is 21.9 Å². The van der Waals surface area contributed by atoms with E-state index >= 15 is 0 Å². The third-order valence-corrected chi connectivity index (χ3v) is 4.13. The molecule has 4 atom stereocenters.